The fraction of sp³-hybridized carbons (Fsp3) is 0. The Balaban J connectivity index is 1.75. The standard InChI is InChI=1S/C23H15ClN4O/c24-8-7-23(29)21-12-20-11-18-4-3-16(26-18)9-14-1-2-15(25-14)10-17-5-6-19(27-17)13-22(21)28-20/h1-13,28-29H. The van der Waals surface area contributed by atoms with E-state index in [9.17, 15) is 5.11 Å². The Bertz CT molecular complexity index is 1350. The van der Waals surface area contributed by atoms with Crippen LogP contribution in [-0.4, -0.2) is 27.2 Å². The number of aliphatic hydroxyl groups is 1. The van der Waals surface area contributed by atoms with Gasteiger partial charge in [0.15, 0.2) is 0 Å². The molecule has 0 saturated carbocycles. The second-order valence-corrected chi connectivity index (χ2v) is 6.94. The van der Waals surface area contributed by atoms with Crippen LogP contribution in [0.25, 0.3) is 17.9 Å². The summed E-state index contributed by atoms with van der Waals surface area (Å²) in [6, 6.07) is 1.86. The number of hydrogen-bond donors (Lipinski definition) is 2. The highest BCUT2D eigenvalue weighted by Crippen LogP contribution is 2.18. The molecule has 0 spiro atoms. The van der Waals surface area contributed by atoms with Crippen molar-refractivity contribution in [3.05, 3.63) is 99.6 Å². The van der Waals surface area contributed by atoms with Crippen LogP contribution < -0.4 is 10.6 Å². The van der Waals surface area contributed by atoms with Gasteiger partial charge >= 0.3 is 0 Å². The molecule has 140 valence electrons. The number of H-pyrrole nitrogens is 1. The number of rotatable bonds is 1. The summed E-state index contributed by atoms with van der Waals surface area (Å²) >= 11 is 5.65. The van der Waals surface area contributed by atoms with E-state index in [0.29, 0.717) is 5.22 Å². The van der Waals surface area contributed by atoms with Gasteiger partial charge in [0.1, 0.15) is 5.76 Å². The molecule has 0 amide bonds. The monoisotopic (exact) mass is 398 g/mol. The van der Waals surface area contributed by atoms with E-state index < -0.39 is 0 Å². The Morgan fingerprint density at radius 3 is 1.93 bits per heavy atom. The first-order valence-electron chi connectivity index (χ1n) is 9.02. The van der Waals surface area contributed by atoms with E-state index in [1.807, 2.05) is 66.8 Å². The van der Waals surface area contributed by atoms with Crippen LogP contribution in [0.1, 0.15) is 5.69 Å². The van der Waals surface area contributed by atoms with Crippen molar-refractivity contribution in [1.29, 1.82) is 0 Å². The normalized spacial score (nSPS) is 20.2. The zero-order valence-corrected chi connectivity index (χ0v) is 15.9. The van der Waals surface area contributed by atoms with Crippen molar-refractivity contribution in [2.45, 2.75) is 0 Å². The molecule has 0 unspecified atom stereocenters. The number of aliphatic hydroxyl groups excluding tert-OH is 1. The minimum atomic E-state index is 0.0658. The smallest absolute Gasteiger partial charge is 0.125 e. The molecule has 0 atom stereocenters. The van der Waals surface area contributed by atoms with Crippen LogP contribution in [0.5, 0.6) is 0 Å². The van der Waals surface area contributed by atoms with Crippen molar-refractivity contribution in [1.82, 2.24) is 4.98 Å². The van der Waals surface area contributed by atoms with Gasteiger partial charge in [0.05, 0.1) is 39.6 Å². The molecule has 5 nitrogen and oxygen atoms in total. The summed E-state index contributed by atoms with van der Waals surface area (Å²) in [6.45, 7) is 0. The number of aromatic amines is 1. The highest BCUT2D eigenvalue weighted by Gasteiger charge is 2.10. The Morgan fingerprint density at radius 2 is 1.34 bits per heavy atom. The zero-order chi connectivity index (χ0) is 19.8. The average Bonchev–Trinajstić information content (AvgIpc) is 3.46. The van der Waals surface area contributed by atoms with Crippen molar-refractivity contribution in [3.63, 3.8) is 0 Å². The predicted molar refractivity (Wildman–Crippen MR) is 119 cm³/mol. The molecule has 5 heterocycles. The quantitative estimate of drug-likeness (QED) is 0.747. The SMILES string of the molecule is OC(C=CCl)=c1cc2[nH]c1=CC1=NC(=CC3=NC(=CC4=NC(=C2)C=C4)C=C3)C=C1. The molecule has 0 aromatic carbocycles. The summed E-state index contributed by atoms with van der Waals surface area (Å²) in [4.78, 5) is 17.2. The predicted octanol–water partition coefficient (Wildman–Crippen LogP) is 3.37. The van der Waals surface area contributed by atoms with Gasteiger partial charge in [-0.05, 0) is 72.9 Å². The van der Waals surface area contributed by atoms with Crippen LogP contribution >= 0.6 is 11.6 Å². The van der Waals surface area contributed by atoms with E-state index in [2.05, 4.69) is 20.0 Å². The summed E-state index contributed by atoms with van der Waals surface area (Å²) in [6.07, 6.45) is 20.8. The van der Waals surface area contributed by atoms with E-state index in [1.165, 1.54) is 11.6 Å². The number of fused-ring (bicyclic) bond motifs is 5. The summed E-state index contributed by atoms with van der Waals surface area (Å²) in [5, 5.41) is 11.7. The van der Waals surface area contributed by atoms with Crippen LogP contribution in [0, 0.1) is 0 Å². The maximum Gasteiger partial charge on any atom is 0.125 e. The first-order valence-corrected chi connectivity index (χ1v) is 9.46. The van der Waals surface area contributed by atoms with Crippen molar-refractivity contribution < 1.29 is 5.11 Å². The molecule has 5 rings (SSSR count). The minimum Gasteiger partial charge on any atom is -0.507 e. The number of allylic oxidation sites excluding steroid dienone is 8. The molecule has 4 aliphatic heterocycles. The lowest BCUT2D eigenvalue weighted by Gasteiger charge is -1.93. The maximum atomic E-state index is 10.4. The number of nitrogens with zero attached hydrogens (tertiary/aromatic N) is 3. The average molecular weight is 399 g/mol. The fourth-order valence-electron chi connectivity index (χ4n) is 3.32. The molecular formula is C23H15ClN4O. The molecule has 0 radical (unpaired) electrons. The zero-order valence-electron chi connectivity index (χ0n) is 15.2. The van der Waals surface area contributed by atoms with Gasteiger partial charge in [0.2, 0.25) is 0 Å². The Morgan fingerprint density at radius 1 is 0.793 bits per heavy atom. The van der Waals surface area contributed by atoms with E-state index >= 15 is 0 Å². The Kier molecular flexibility index (Phi) is 4.22. The van der Waals surface area contributed by atoms with Crippen molar-refractivity contribution >= 4 is 46.6 Å². The summed E-state index contributed by atoms with van der Waals surface area (Å²) in [5.41, 5.74) is 7.01. The van der Waals surface area contributed by atoms with E-state index in [4.69, 9.17) is 11.6 Å². The molecule has 8 bridgehead atoms. The van der Waals surface area contributed by atoms with Crippen LogP contribution in [0.4, 0.5) is 0 Å². The number of nitrogens with one attached hydrogen (secondary N) is 1. The van der Waals surface area contributed by atoms with Gasteiger partial charge in [0.25, 0.3) is 0 Å². The first kappa shape index (κ1) is 17.4. The molecule has 4 aliphatic rings. The van der Waals surface area contributed by atoms with Gasteiger partial charge in [-0.2, -0.15) is 0 Å². The van der Waals surface area contributed by atoms with Crippen LogP contribution in [0.2, 0.25) is 0 Å². The third kappa shape index (κ3) is 3.56. The molecule has 1 aromatic heterocycles. The second kappa shape index (κ2) is 7.04. The third-order valence-corrected chi connectivity index (χ3v) is 4.73. The summed E-state index contributed by atoms with van der Waals surface area (Å²) in [5.74, 6) is 0.0658. The molecule has 6 heteroatoms. The van der Waals surface area contributed by atoms with Crippen molar-refractivity contribution in [2.75, 3.05) is 0 Å². The van der Waals surface area contributed by atoms with Crippen LogP contribution in [-0.2, 0) is 0 Å². The number of halogens is 1. The second-order valence-electron chi connectivity index (χ2n) is 6.69. The van der Waals surface area contributed by atoms with E-state index in [0.717, 1.165) is 45.3 Å². The largest absolute Gasteiger partial charge is 0.507 e. The van der Waals surface area contributed by atoms with Crippen LogP contribution in [0.3, 0.4) is 0 Å². The Labute approximate surface area is 171 Å². The number of aliphatic imine (C=N–C) groups is 3. The van der Waals surface area contributed by atoms with E-state index in [1.54, 1.807) is 0 Å². The molecule has 29 heavy (non-hydrogen) atoms. The van der Waals surface area contributed by atoms with E-state index in [-0.39, 0.29) is 5.76 Å². The lowest BCUT2D eigenvalue weighted by molar-refractivity contribution is 0.511. The maximum absolute atomic E-state index is 10.4. The van der Waals surface area contributed by atoms with Crippen molar-refractivity contribution in [3.8, 4) is 0 Å². The van der Waals surface area contributed by atoms with Gasteiger partial charge < -0.3 is 10.1 Å². The molecule has 2 N–H and O–H groups in total. The number of hydrogen-bond acceptors (Lipinski definition) is 4. The molecule has 0 saturated heterocycles. The van der Waals surface area contributed by atoms with Gasteiger partial charge in [-0.1, -0.05) is 11.6 Å². The molecular weight excluding hydrogens is 384 g/mol. The van der Waals surface area contributed by atoms with Gasteiger partial charge in [-0.3, -0.25) is 0 Å². The van der Waals surface area contributed by atoms with Crippen molar-refractivity contribution in [2.24, 2.45) is 15.0 Å². The van der Waals surface area contributed by atoms with Gasteiger partial charge in [-0.25, -0.2) is 15.0 Å². The number of aromatic nitrogens is 1. The molecule has 0 aliphatic carbocycles. The topological polar surface area (TPSA) is 73.1 Å². The summed E-state index contributed by atoms with van der Waals surface area (Å²) in [7, 11) is 0. The molecule has 1 aromatic rings. The lowest BCUT2D eigenvalue weighted by atomic mass is 10.2. The minimum absolute atomic E-state index is 0.0658. The molecule has 0 fully saturated rings. The van der Waals surface area contributed by atoms with Crippen LogP contribution in [0.15, 0.2) is 98.4 Å². The lowest BCUT2D eigenvalue weighted by Crippen LogP contribution is -2.25. The Hall–Kier alpha value is -3.70. The highest BCUT2D eigenvalue weighted by atomic mass is 35.5. The summed E-state index contributed by atoms with van der Waals surface area (Å²) < 4.78 is 0. The first-order chi connectivity index (χ1) is 14.2. The van der Waals surface area contributed by atoms with Gasteiger partial charge in [-0.15, -0.1) is 0 Å². The van der Waals surface area contributed by atoms with Gasteiger partial charge in [0, 0.05) is 16.4 Å². The fourth-order valence-corrected chi connectivity index (χ4v) is 3.44. The highest BCUT2D eigenvalue weighted by molar-refractivity contribution is 6.25. The third-order valence-electron chi connectivity index (χ3n) is 4.60.